The number of sulfonamides is 1. The Hall–Kier alpha value is -1.71. The van der Waals surface area contributed by atoms with Gasteiger partial charge in [-0.1, -0.05) is 37.0 Å². The molecule has 0 spiro atoms. The van der Waals surface area contributed by atoms with Crippen molar-refractivity contribution in [3.8, 4) is 0 Å². The number of aromatic nitrogens is 1. The number of carbonyl (C=O) groups is 1. The van der Waals surface area contributed by atoms with Gasteiger partial charge in [0.1, 0.15) is 0 Å². The number of carbonyl (C=O) groups excluding carboxylic acids is 1. The van der Waals surface area contributed by atoms with Crippen molar-refractivity contribution in [2.24, 2.45) is 5.92 Å². The maximum absolute atomic E-state index is 13.0. The quantitative estimate of drug-likeness (QED) is 0.799. The normalized spacial score (nSPS) is 19.5. The smallest absolute Gasteiger partial charge is 0.305 e. The first-order chi connectivity index (χ1) is 13.4. The molecule has 9 heteroatoms. The van der Waals surface area contributed by atoms with Gasteiger partial charge in [0.15, 0.2) is 0 Å². The van der Waals surface area contributed by atoms with E-state index in [2.05, 4.69) is 4.98 Å². The van der Waals surface area contributed by atoms with Gasteiger partial charge in [0.05, 0.1) is 15.1 Å². The zero-order valence-corrected chi connectivity index (χ0v) is 17.4. The molecule has 152 valence electrons. The van der Waals surface area contributed by atoms with Crippen LogP contribution in [0.25, 0.3) is 10.2 Å². The number of amides is 1. The maximum Gasteiger partial charge on any atom is 0.305 e. The lowest BCUT2D eigenvalue weighted by Crippen LogP contribution is -2.50. The van der Waals surface area contributed by atoms with Crippen LogP contribution in [0.2, 0.25) is 0 Å². The molecule has 1 amide bonds. The van der Waals surface area contributed by atoms with Gasteiger partial charge in [-0.2, -0.15) is 4.31 Å². The number of aromatic amines is 1. The molecule has 1 aliphatic heterocycles. The molecule has 2 aliphatic rings. The van der Waals surface area contributed by atoms with E-state index in [9.17, 15) is 18.0 Å². The summed E-state index contributed by atoms with van der Waals surface area (Å²) in [6.07, 6.45) is 6.55. The lowest BCUT2D eigenvalue weighted by Gasteiger charge is -2.34. The number of nitrogens with one attached hydrogen (secondary N) is 1. The number of hydrogen-bond acceptors (Lipinski definition) is 5. The summed E-state index contributed by atoms with van der Waals surface area (Å²) >= 11 is 1.00. The molecular formula is C19H25N3O4S2. The van der Waals surface area contributed by atoms with Crippen molar-refractivity contribution in [3.05, 3.63) is 27.9 Å². The van der Waals surface area contributed by atoms with Crippen molar-refractivity contribution in [1.29, 1.82) is 0 Å². The van der Waals surface area contributed by atoms with Crippen molar-refractivity contribution in [3.63, 3.8) is 0 Å². The van der Waals surface area contributed by atoms with E-state index in [4.69, 9.17) is 0 Å². The van der Waals surface area contributed by atoms with Gasteiger partial charge in [0.25, 0.3) is 0 Å². The van der Waals surface area contributed by atoms with E-state index in [1.54, 1.807) is 17.0 Å². The summed E-state index contributed by atoms with van der Waals surface area (Å²) in [6.45, 7) is 1.47. The minimum Gasteiger partial charge on any atom is -0.340 e. The minimum absolute atomic E-state index is 0.141. The van der Waals surface area contributed by atoms with E-state index >= 15 is 0 Å². The molecule has 4 rings (SSSR count). The van der Waals surface area contributed by atoms with Gasteiger partial charge in [-0.15, -0.1) is 0 Å². The highest BCUT2D eigenvalue weighted by molar-refractivity contribution is 7.89. The maximum atomic E-state index is 13.0. The van der Waals surface area contributed by atoms with Crippen LogP contribution in [-0.4, -0.2) is 54.7 Å². The molecule has 0 bridgehead atoms. The number of piperazine rings is 1. The predicted molar refractivity (Wildman–Crippen MR) is 109 cm³/mol. The molecule has 0 radical (unpaired) electrons. The van der Waals surface area contributed by atoms with Crippen molar-refractivity contribution in [2.75, 3.05) is 26.2 Å². The predicted octanol–water partition coefficient (Wildman–Crippen LogP) is 2.39. The van der Waals surface area contributed by atoms with Gasteiger partial charge in [-0.05, 0) is 30.5 Å². The first-order valence-electron chi connectivity index (χ1n) is 9.84. The largest absolute Gasteiger partial charge is 0.340 e. The zero-order chi connectivity index (χ0) is 19.7. The average molecular weight is 424 g/mol. The second kappa shape index (κ2) is 7.96. The standard InChI is InChI=1S/C19H25N3O4S2/c23-18(8-5-14-3-1-2-4-14)21-9-11-22(12-10-21)28(25,26)15-6-7-16-17(13-15)27-19(24)20-16/h6-7,13-14H,1-5,8-12H2,(H,20,24). The fraction of sp³-hybridized carbons (Fsp3) is 0.579. The molecule has 7 nitrogen and oxygen atoms in total. The van der Waals surface area contributed by atoms with Crippen molar-refractivity contribution in [2.45, 2.75) is 43.4 Å². The van der Waals surface area contributed by atoms with Crippen LogP contribution in [0.4, 0.5) is 0 Å². The molecule has 0 unspecified atom stereocenters. The summed E-state index contributed by atoms with van der Waals surface area (Å²) in [4.78, 5) is 28.4. The van der Waals surface area contributed by atoms with E-state index in [0.29, 0.717) is 48.7 Å². The van der Waals surface area contributed by atoms with Crippen molar-refractivity contribution >= 4 is 37.5 Å². The van der Waals surface area contributed by atoms with Crippen LogP contribution in [0.1, 0.15) is 38.5 Å². The lowest BCUT2D eigenvalue weighted by molar-refractivity contribution is -0.132. The molecule has 1 aromatic heterocycles. The first-order valence-corrected chi connectivity index (χ1v) is 12.1. The molecular weight excluding hydrogens is 398 g/mol. The minimum atomic E-state index is -3.63. The van der Waals surface area contributed by atoms with Gasteiger partial charge in [-0.25, -0.2) is 8.42 Å². The molecule has 1 aromatic carbocycles. The third kappa shape index (κ3) is 4.01. The van der Waals surface area contributed by atoms with Gasteiger partial charge in [-0.3, -0.25) is 9.59 Å². The fourth-order valence-electron chi connectivity index (χ4n) is 4.20. The van der Waals surface area contributed by atoms with E-state index < -0.39 is 10.0 Å². The summed E-state index contributed by atoms with van der Waals surface area (Å²) in [5.41, 5.74) is 0.645. The molecule has 28 heavy (non-hydrogen) atoms. The van der Waals surface area contributed by atoms with Gasteiger partial charge in [0.2, 0.25) is 15.9 Å². The average Bonchev–Trinajstić information content (AvgIpc) is 3.34. The number of thiazole rings is 1. The number of hydrogen-bond donors (Lipinski definition) is 1. The Morgan fingerprint density at radius 1 is 1.14 bits per heavy atom. The van der Waals surface area contributed by atoms with E-state index in [1.807, 2.05) is 0 Å². The van der Waals surface area contributed by atoms with Gasteiger partial charge >= 0.3 is 4.87 Å². The molecule has 2 heterocycles. The third-order valence-electron chi connectivity index (χ3n) is 5.86. The summed E-state index contributed by atoms with van der Waals surface area (Å²) in [7, 11) is -3.63. The number of nitrogens with zero attached hydrogens (tertiary/aromatic N) is 2. The highest BCUT2D eigenvalue weighted by Gasteiger charge is 2.30. The van der Waals surface area contributed by atoms with Crippen LogP contribution in [0.5, 0.6) is 0 Å². The Bertz CT molecular complexity index is 1010. The molecule has 2 fully saturated rings. The van der Waals surface area contributed by atoms with E-state index in [1.165, 1.54) is 36.1 Å². The summed E-state index contributed by atoms with van der Waals surface area (Å²) in [5, 5.41) is 0. The Morgan fingerprint density at radius 2 is 1.86 bits per heavy atom. The highest BCUT2D eigenvalue weighted by Crippen LogP contribution is 2.29. The lowest BCUT2D eigenvalue weighted by atomic mass is 10.0. The Morgan fingerprint density at radius 3 is 2.57 bits per heavy atom. The van der Waals surface area contributed by atoms with Crippen molar-refractivity contribution < 1.29 is 13.2 Å². The Balaban J connectivity index is 1.37. The van der Waals surface area contributed by atoms with Crippen molar-refractivity contribution in [1.82, 2.24) is 14.2 Å². The number of rotatable bonds is 5. The zero-order valence-electron chi connectivity index (χ0n) is 15.7. The third-order valence-corrected chi connectivity index (χ3v) is 8.60. The van der Waals surface area contributed by atoms with Crippen LogP contribution < -0.4 is 4.87 Å². The van der Waals surface area contributed by atoms with Crippen LogP contribution in [0, 0.1) is 5.92 Å². The molecule has 1 aliphatic carbocycles. The first kappa shape index (κ1) is 19.6. The highest BCUT2D eigenvalue weighted by atomic mass is 32.2. The number of benzene rings is 1. The molecule has 1 saturated heterocycles. The second-order valence-electron chi connectivity index (χ2n) is 7.65. The van der Waals surface area contributed by atoms with Gasteiger partial charge in [0, 0.05) is 32.6 Å². The van der Waals surface area contributed by atoms with Crippen LogP contribution in [-0.2, 0) is 14.8 Å². The second-order valence-corrected chi connectivity index (χ2v) is 10.6. The molecule has 0 atom stereocenters. The summed E-state index contributed by atoms with van der Waals surface area (Å²) in [6, 6.07) is 4.70. The summed E-state index contributed by atoms with van der Waals surface area (Å²) < 4.78 is 28.0. The van der Waals surface area contributed by atoms with Gasteiger partial charge < -0.3 is 9.88 Å². The number of fused-ring (bicyclic) bond motifs is 1. The van der Waals surface area contributed by atoms with Crippen LogP contribution >= 0.6 is 11.3 Å². The molecule has 1 saturated carbocycles. The van der Waals surface area contributed by atoms with E-state index in [0.717, 1.165) is 17.8 Å². The van der Waals surface area contributed by atoms with Crippen LogP contribution in [0.3, 0.4) is 0 Å². The monoisotopic (exact) mass is 423 g/mol. The topological polar surface area (TPSA) is 90.6 Å². The van der Waals surface area contributed by atoms with Crippen LogP contribution in [0.15, 0.2) is 27.9 Å². The van der Waals surface area contributed by atoms with E-state index in [-0.39, 0.29) is 15.7 Å². The molecule has 2 aromatic rings. The fourth-order valence-corrected chi connectivity index (χ4v) is 6.50. The Kier molecular flexibility index (Phi) is 5.57. The SMILES string of the molecule is O=C(CCC1CCCC1)N1CCN(S(=O)(=O)c2ccc3[nH]c(=O)sc3c2)CC1. The number of H-pyrrole nitrogens is 1. The summed E-state index contributed by atoms with van der Waals surface area (Å²) in [5.74, 6) is 0.826. The Labute approximate surface area is 168 Å². The molecule has 1 N–H and O–H groups in total.